The molecule has 51 heavy (non-hydrogen) atoms. The fraction of sp³-hybridized carbons (Fsp3) is 0.646. The van der Waals surface area contributed by atoms with Crippen LogP contribution in [0.25, 0.3) is 0 Å². The first-order valence-corrected chi connectivity index (χ1v) is 20.4. The number of allylic oxidation sites excluding steroid dienone is 9. The number of rotatable bonds is 18. The van der Waals surface area contributed by atoms with Crippen LogP contribution in [-0.4, -0.2) is 11.6 Å². The average Bonchev–Trinajstić information content (AvgIpc) is 3.02. The number of aryl methyl sites for hydroxylation is 1. The van der Waals surface area contributed by atoms with E-state index in [0.29, 0.717) is 5.75 Å². The molecular formula is C48H74O3. The highest BCUT2D eigenvalue weighted by molar-refractivity contribution is 5.86. The van der Waals surface area contributed by atoms with Gasteiger partial charge in [-0.25, -0.2) is 4.79 Å². The van der Waals surface area contributed by atoms with Gasteiger partial charge in [0.05, 0.1) is 0 Å². The van der Waals surface area contributed by atoms with Crippen molar-refractivity contribution >= 4 is 5.97 Å². The molecule has 0 fully saturated rings. The minimum Gasteiger partial charge on any atom is -0.487 e. The van der Waals surface area contributed by atoms with Crippen molar-refractivity contribution in [2.75, 3.05) is 0 Å². The number of fused-ring (bicyclic) bond motifs is 1. The smallest absolute Gasteiger partial charge is 0.336 e. The summed E-state index contributed by atoms with van der Waals surface area (Å²) >= 11 is 0. The molecule has 284 valence electrons. The summed E-state index contributed by atoms with van der Waals surface area (Å²) < 4.78 is 12.7. The molecule has 0 unspecified atom stereocenters. The van der Waals surface area contributed by atoms with Gasteiger partial charge in [-0.3, -0.25) is 0 Å². The van der Waals surface area contributed by atoms with Gasteiger partial charge < -0.3 is 9.47 Å². The number of carbonyl (C=O) groups is 1. The lowest BCUT2D eigenvalue weighted by Gasteiger charge is -2.37. The molecule has 0 saturated carbocycles. The molecule has 1 aliphatic heterocycles. The van der Waals surface area contributed by atoms with Crippen LogP contribution < -0.4 is 9.47 Å². The van der Waals surface area contributed by atoms with Gasteiger partial charge in [-0.2, -0.15) is 0 Å². The summed E-state index contributed by atoms with van der Waals surface area (Å²) in [5.41, 5.74) is 8.23. The third-order valence-corrected chi connectivity index (χ3v) is 11.7. The molecule has 0 spiro atoms. The molecule has 0 bridgehead atoms. The number of ether oxygens (including phenoxy) is 2. The first kappa shape index (κ1) is 42.6. The third-order valence-electron chi connectivity index (χ3n) is 11.7. The van der Waals surface area contributed by atoms with Crippen molar-refractivity contribution in [2.45, 2.75) is 179 Å². The fourth-order valence-corrected chi connectivity index (χ4v) is 8.21. The Morgan fingerprint density at radius 2 is 1.51 bits per heavy atom. The van der Waals surface area contributed by atoms with E-state index in [1.165, 1.54) is 92.9 Å². The van der Waals surface area contributed by atoms with Gasteiger partial charge in [0.1, 0.15) is 17.1 Å². The van der Waals surface area contributed by atoms with Gasteiger partial charge in [0.15, 0.2) is 0 Å². The van der Waals surface area contributed by atoms with Crippen LogP contribution in [0.2, 0.25) is 0 Å². The zero-order valence-corrected chi connectivity index (χ0v) is 34.9. The molecule has 1 aromatic rings. The molecule has 3 atom stereocenters. The Morgan fingerprint density at radius 3 is 2.16 bits per heavy atom. The zero-order valence-electron chi connectivity index (χ0n) is 34.9. The van der Waals surface area contributed by atoms with Crippen molar-refractivity contribution in [2.24, 2.45) is 23.2 Å². The molecule has 2 aliphatic rings. The first-order chi connectivity index (χ1) is 24.0. The van der Waals surface area contributed by atoms with E-state index in [1.807, 2.05) is 26.0 Å². The molecule has 0 radical (unpaired) electrons. The molecule has 1 aliphatic carbocycles. The van der Waals surface area contributed by atoms with Gasteiger partial charge in [-0.15, -0.1) is 0 Å². The fourth-order valence-electron chi connectivity index (χ4n) is 8.21. The maximum atomic E-state index is 13.0. The number of hydrogen-bond donors (Lipinski definition) is 0. The van der Waals surface area contributed by atoms with E-state index in [9.17, 15) is 4.79 Å². The SMILES string of the molecule is CC1=C(/C=C/C(C)=C/C=C/C(C)=C/C(=O)Oc2c(C)cc3c(c2C)CC[C@@](C)(CCC[C@H](C)CCC[C@H](C)CCCC(C)C)O3)C(C)(C)CCC1. The molecule has 3 rings (SSSR count). The summed E-state index contributed by atoms with van der Waals surface area (Å²) in [7, 11) is 0. The lowest BCUT2D eigenvalue weighted by Crippen LogP contribution is -2.36. The highest BCUT2D eigenvalue weighted by atomic mass is 16.5. The second-order valence-electron chi connectivity index (χ2n) is 17.9. The van der Waals surface area contributed by atoms with Crippen LogP contribution in [0.1, 0.15) is 169 Å². The van der Waals surface area contributed by atoms with Crippen LogP contribution >= 0.6 is 0 Å². The Balaban J connectivity index is 1.50. The maximum Gasteiger partial charge on any atom is 0.336 e. The van der Waals surface area contributed by atoms with Gasteiger partial charge in [-0.05, 0) is 138 Å². The van der Waals surface area contributed by atoms with E-state index >= 15 is 0 Å². The first-order valence-electron chi connectivity index (χ1n) is 20.4. The van der Waals surface area contributed by atoms with Crippen LogP contribution in [-0.2, 0) is 11.2 Å². The van der Waals surface area contributed by atoms with Gasteiger partial charge in [0.2, 0.25) is 0 Å². The lowest BCUT2D eigenvalue weighted by molar-refractivity contribution is -0.129. The quantitative estimate of drug-likeness (QED) is 0.0662. The van der Waals surface area contributed by atoms with Crippen LogP contribution in [0, 0.1) is 37.0 Å². The van der Waals surface area contributed by atoms with Crippen molar-refractivity contribution in [3.05, 3.63) is 81.5 Å². The summed E-state index contributed by atoms with van der Waals surface area (Å²) in [6, 6.07) is 2.08. The Labute approximate surface area is 314 Å². The minimum absolute atomic E-state index is 0.147. The monoisotopic (exact) mass is 699 g/mol. The van der Waals surface area contributed by atoms with E-state index in [1.54, 1.807) is 6.08 Å². The average molecular weight is 699 g/mol. The van der Waals surface area contributed by atoms with E-state index < -0.39 is 0 Å². The van der Waals surface area contributed by atoms with Crippen molar-refractivity contribution < 1.29 is 14.3 Å². The van der Waals surface area contributed by atoms with Gasteiger partial charge in [0.25, 0.3) is 0 Å². The van der Waals surface area contributed by atoms with E-state index in [0.717, 1.165) is 59.5 Å². The summed E-state index contributed by atoms with van der Waals surface area (Å²) in [6.45, 7) is 26.9. The van der Waals surface area contributed by atoms with Crippen molar-refractivity contribution in [1.29, 1.82) is 0 Å². The Kier molecular flexibility index (Phi) is 16.6. The highest BCUT2D eigenvalue weighted by Gasteiger charge is 2.33. The summed E-state index contributed by atoms with van der Waals surface area (Å²) in [6.07, 6.45) is 29.5. The topological polar surface area (TPSA) is 35.5 Å². The molecule has 0 aromatic heterocycles. The summed E-state index contributed by atoms with van der Waals surface area (Å²) in [4.78, 5) is 13.0. The molecule has 1 aromatic carbocycles. The van der Waals surface area contributed by atoms with Gasteiger partial charge >= 0.3 is 5.97 Å². The van der Waals surface area contributed by atoms with Gasteiger partial charge in [0, 0.05) is 11.6 Å². The normalized spacial score (nSPS) is 21.0. The molecule has 3 heteroatoms. The molecule has 0 N–H and O–H groups in total. The standard InChI is InChI=1S/C48H74O3/c1-34(2)18-13-19-35(3)20-14-21-36(4)24-16-30-48(12)31-28-42-41(9)46(40(8)33-44(42)51-48)50-45(49)32-38(6)23-15-22-37(5)26-27-43-39(7)25-17-29-47(43,10)11/h15,22-23,26-27,32-36H,13-14,16-21,24-25,28-31H2,1-12H3/b23-15+,27-26+,37-22+,38-32+/t35-,36-,48-/m1/s1. The maximum absolute atomic E-state index is 13.0. The Hall–Kier alpha value is -2.81. The second kappa shape index (κ2) is 19.9. The molecular weight excluding hydrogens is 625 g/mol. The Bertz CT molecular complexity index is 1460. The predicted octanol–water partition coefficient (Wildman–Crippen LogP) is 14.3. The predicted molar refractivity (Wildman–Crippen MR) is 220 cm³/mol. The summed E-state index contributed by atoms with van der Waals surface area (Å²) in [5.74, 6) is 3.74. The minimum atomic E-state index is -0.345. The van der Waals surface area contributed by atoms with Gasteiger partial charge in [-0.1, -0.05) is 128 Å². The van der Waals surface area contributed by atoms with Crippen LogP contribution in [0.15, 0.2) is 64.8 Å². The van der Waals surface area contributed by atoms with Crippen molar-refractivity contribution in [3.8, 4) is 11.5 Å². The van der Waals surface area contributed by atoms with Crippen LogP contribution in [0.4, 0.5) is 0 Å². The second-order valence-corrected chi connectivity index (χ2v) is 17.9. The summed E-state index contributed by atoms with van der Waals surface area (Å²) in [5, 5.41) is 0. The number of carbonyl (C=O) groups excluding carboxylic acids is 1. The van der Waals surface area contributed by atoms with Crippen LogP contribution in [0.3, 0.4) is 0 Å². The van der Waals surface area contributed by atoms with E-state index in [-0.39, 0.29) is 17.0 Å². The number of benzene rings is 1. The van der Waals surface area contributed by atoms with Crippen molar-refractivity contribution in [3.63, 3.8) is 0 Å². The number of hydrogen-bond acceptors (Lipinski definition) is 3. The highest BCUT2D eigenvalue weighted by Crippen LogP contribution is 2.43. The molecule has 0 saturated heterocycles. The van der Waals surface area contributed by atoms with E-state index in [2.05, 4.69) is 93.5 Å². The zero-order chi connectivity index (χ0) is 37.8. The number of esters is 1. The molecule has 1 heterocycles. The molecule has 0 amide bonds. The third kappa shape index (κ3) is 13.9. The molecule has 3 nitrogen and oxygen atoms in total. The largest absolute Gasteiger partial charge is 0.487 e. The van der Waals surface area contributed by atoms with Crippen molar-refractivity contribution in [1.82, 2.24) is 0 Å². The van der Waals surface area contributed by atoms with E-state index in [4.69, 9.17) is 9.47 Å². The van der Waals surface area contributed by atoms with Crippen LogP contribution in [0.5, 0.6) is 11.5 Å². The lowest BCUT2D eigenvalue weighted by atomic mass is 9.72. The Morgan fingerprint density at radius 1 is 0.863 bits per heavy atom.